The SMILES string of the molecule is COc1ccc2cc3c(N)c(C(=O)[O-])sc3nc2c1. The number of ether oxygens (including phenoxy) is 1. The van der Waals surface area contributed by atoms with Crippen LogP contribution in [0.3, 0.4) is 0 Å². The molecule has 0 bridgehead atoms. The van der Waals surface area contributed by atoms with E-state index in [1.807, 2.05) is 18.2 Å². The van der Waals surface area contributed by atoms with Crippen LogP contribution in [0.4, 0.5) is 5.69 Å². The van der Waals surface area contributed by atoms with Gasteiger partial charge in [0.2, 0.25) is 0 Å². The summed E-state index contributed by atoms with van der Waals surface area (Å²) in [6.07, 6.45) is 0. The Morgan fingerprint density at radius 2 is 2.21 bits per heavy atom. The van der Waals surface area contributed by atoms with Gasteiger partial charge in [-0.25, -0.2) is 4.98 Å². The summed E-state index contributed by atoms with van der Waals surface area (Å²) in [5.74, 6) is -0.578. The van der Waals surface area contributed by atoms with Gasteiger partial charge in [-0.3, -0.25) is 0 Å². The Kier molecular flexibility index (Phi) is 2.53. The standard InChI is InChI=1S/C13H10N2O3S/c1-18-7-3-2-6-4-8-10(14)11(13(16)17)19-12(8)15-9(6)5-7/h2-5H,14H2,1H3,(H,16,17)/p-1. The van der Waals surface area contributed by atoms with Crippen LogP contribution in [0.1, 0.15) is 9.67 Å². The van der Waals surface area contributed by atoms with E-state index >= 15 is 0 Å². The number of anilines is 1. The highest BCUT2D eigenvalue weighted by molar-refractivity contribution is 7.21. The molecule has 0 radical (unpaired) electrons. The molecule has 3 aromatic rings. The number of carboxylic acid groups (broad SMARTS) is 1. The average molecular weight is 273 g/mol. The van der Waals surface area contributed by atoms with Gasteiger partial charge in [-0.15, -0.1) is 11.3 Å². The number of hydrogen-bond acceptors (Lipinski definition) is 6. The predicted octanol–water partition coefficient (Wildman–Crippen LogP) is 1.40. The first-order valence-corrected chi connectivity index (χ1v) is 6.30. The Balaban J connectivity index is 2.35. The van der Waals surface area contributed by atoms with Crippen molar-refractivity contribution in [1.82, 2.24) is 4.98 Å². The monoisotopic (exact) mass is 273 g/mol. The van der Waals surface area contributed by atoms with Gasteiger partial charge in [0.25, 0.3) is 0 Å². The first-order valence-electron chi connectivity index (χ1n) is 5.48. The van der Waals surface area contributed by atoms with E-state index in [1.54, 1.807) is 13.2 Å². The molecular formula is C13H9N2O3S-. The Morgan fingerprint density at radius 3 is 2.89 bits per heavy atom. The molecule has 0 atom stereocenters. The maximum absolute atomic E-state index is 11.0. The van der Waals surface area contributed by atoms with Gasteiger partial charge in [0.05, 0.1) is 29.2 Å². The van der Waals surface area contributed by atoms with Gasteiger partial charge in [0.1, 0.15) is 10.6 Å². The topological polar surface area (TPSA) is 88.3 Å². The number of hydrogen-bond donors (Lipinski definition) is 1. The van der Waals surface area contributed by atoms with Crippen molar-refractivity contribution in [3.63, 3.8) is 0 Å². The van der Waals surface area contributed by atoms with Crippen molar-refractivity contribution in [1.29, 1.82) is 0 Å². The van der Waals surface area contributed by atoms with E-state index in [2.05, 4.69) is 4.98 Å². The molecule has 3 rings (SSSR count). The summed E-state index contributed by atoms with van der Waals surface area (Å²) in [5.41, 5.74) is 6.76. The van der Waals surface area contributed by atoms with Crippen molar-refractivity contribution in [2.45, 2.75) is 0 Å². The van der Waals surface area contributed by atoms with E-state index < -0.39 is 5.97 Å². The third kappa shape index (κ3) is 1.77. The van der Waals surface area contributed by atoms with E-state index in [4.69, 9.17) is 10.5 Å². The Morgan fingerprint density at radius 1 is 1.42 bits per heavy atom. The van der Waals surface area contributed by atoms with Crippen molar-refractivity contribution in [2.75, 3.05) is 12.8 Å². The number of nitrogens with two attached hydrogens (primary N) is 1. The zero-order valence-corrected chi connectivity index (χ0v) is 10.8. The van der Waals surface area contributed by atoms with Gasteiger partial charge in [-0.05, 0) is 18.2 Å². The summed E-state index contributed by atoms with van der Waals surface area (Å²) in [7, 11) is 1.58. The molecule has 0 saturated heterocycles. The Hall–Kier alpha value is -2.34. The number of methoxy groups -OCH3 is 1. The Labute approximate surface area is 112 Å². The minimum Gasteiger partial charge on any atom is -0.544 e. The molecule has 2 heterocycles. The van der Waals surface area contributed by atoms with Crippen LogP contribution < -0.4 is 15.6 Å². The van der Waals surface area contributed by atoms with Crippen molar-refractivity contribution in [3.05, 3.63) is 29.1 Å². The number of rotatable bonds is 2. The molecule has 19 heavy (non-hydrogen) atoms. The molecule has 0 spiro atoms. The molecule has 0 aliphatic heterocycles. The van der Waals surface area contributed by atoms with Crippen molar-refractivity contribution in [3.8, 4) is 5.75 Å². The van der Waals surface area contributed by atoms with Crippen LogP contribution in [-0.4, -0.2) is 18.1 Å². The number of fused-ring (bicyclic) bond motifs is 2. The molecule has 6 heteroatoms. The second-order valence-corrected chi connectivity index (χ2v) is 5.03. The number of benzene rings is 1. The molecule has 0 unspecified atom stereocenters. The lowest BCUT2D eigenvalue weighted by Crippen LogP contribution is -2.21. The number of pyridine rings is 1. The fourth-order valence-corrected chi connectivity index (χ4v) is 2.87. The van der Waals surface area contributed by atoms with Gasteiger partial charge in [-0.2, -0.15) is 0 Å². The summed E-state index contributed by atoms with van der Waals surface area (Å²) in [6.45, 7) is 0. The van der Waals surface area contributed by atoms with Gasteiger partial charge >= 0.3 is 0 Å². The molecule has 0 aliphatic rings. The van der Waals surface area contributed by atoms with Crippen molar-refractivity contribution < 1.29 is 14.6 Å². The quantitative estimate of drug-likeness (QED) is 0.762. The van der Waals surface area contributed by atoms with Crippen LogP contribution in [0.2, 0.25) is 0 Å². The number of nitrogen functional groups attached to an aromatic ring is 1. The highest BCUT2D eigenvalue weighted by Crippen LogP contribution is 2.34. The van der Waals surface area contributed by atoms with Crippen LogP contribution >= 0.6 is 11.3 Å². The highest BCUT2D eigenvalue weighted by atomic mass is 32.1. The minimum absolute atomic E-state index is 0.0183. The molecule has 2 aromatic heterocycles. The maximum Gasteiger partial charge on any atom is 0.126 e. The molecule has 1 aromatic carbocycles. The first-order chi connectivity index (χ1) is 9.10. The summed E-state index contributed by atoms with van der Waals surface area (Å²) in [5, 5.41) is 12.5. The van der Waals surface area contributed by atoms with Gasteiger partial charge in [0.15, 0.2) is 0 Å². The molecule has 5 nitrogen and oxygen atoms in total. The summed E-state index contributed by atoms with van der Waals surface area (Å²) in [6, 6.07) is 7.30. The lowest BCUT2D eigenvalue weighted by molar-refractivity contribution is -0.254. The zero-order chi connectivity index (χ0) is 13.6. The number of carboxylic acids is 1. The van der Waals surface area contributed by atoms with Crippen molar-refractivity contribution in [2.24, 2.45) is 0 Å². The minimum atomic E-state index is -1.28. The van der Waals surface area contributed by atoms with Crippen LogP contribution in [0.5, 0.6) is 5.75 Å². The third-order valence-electron chi connectivity index (χ3n) is 2.91. The maximum atomic E-state index is 11.0. The first kappa shape index (κ1) is 11.7. The lowest BCUT2D eigenvalue weighted by atomic mass is 10.1. The number of aromatic nitrogens is 1. The fraction of sp³-hybridized carbons (Fsp3) is 0.0769. The number of nitrogens with zero attached hydrogens (tertiary/aromatic N) is 1. The molecule has 96 valence electrons. The highest BCUT2D eigenvalue weighted by Gasteiger charge is 2.12. The third-order valence-corrected chi connectivity index (χ3v) is 4.00. The van der Waals surface area contributed by atoms with Gasteiger partial charge in [-0.1, -0.05) is 0 Å². The molecule has 0 fully saturated rings. The second-order valence-electron chi connectivity index (χ2n) is 4.03. The molecule has 0 saturated carbocycles. The van der Waals surface area contributed by atoms with Crippen LogP contribution in [0.15, 0.2) is 24.3 Å². The van der Waals surface area contributed by atoms with Crippen molar-refractivity contribution >= 4 is 44.1 Å². The molecule has 0 aliphatic carbocycles. The number of carbonyl (C=O) groups excluding carboxylic acids is 1. The zero-order valence-electron chi connectivity index (χ0n) is 9.97. The molecular weight excluding hydrogens is 264 g/mol. The van der Waals surface area contributed by atoms with E-state index in [0.717, 1.165) is 22.2 Å². The van der Waals surface area contributed by atoms with Crippen LogP contribution in [-0.2, 0) is 0 Å². The van der Waals surface area contributed by atoms with Gasteiger partial charge in [0, 0.05) is 16.8 Å². The summed E-state index contributed by atoms with van der Waals surface area (Å²) in [4.78, 5) is 16.0. The van der Waals surface area contributed by atoms with Crippen LogP contribution in [0, 0.1) is 0 Å². The van der Waals surface area contributed by atoms with E-state index in [1.165, 1.54) is 0 Å². The average Bonchev–Trinajstić information content (AvgIpc) is 2.73. The van der Waals surface area contributed by atoms with E-state index in [0.29, 0.717) is 16.0 Å². The normalized spacial score (nSPS) is 11.0. The Bertz CT molecular complexity index is 810. The molecule has 0 amide bonds. The van der Waals surface area contributed by atoms with E-state index in [9.17, 15) is 9.90 Å². The van der Waals surface area contributed by atoms with Crippen LogP contribution in [0.25, 0.3) is 21.1 Å². The number of carbonyl (C=O) groups is 1. The smallest absolute Gasteiger partial charge is 0.126 e. The number of thiophene rings is 1. The lowest BCUT2D eigenvalue weighted by Gasteiger charge is -2.02. The summed E-state index contributed by atoms with van der Waals surface area (Å²) < 4.78 is 5.14. The largest absolute Gasteiger partial charge is 0.544 e. The van der Waals surface area contributed by atoms with Gasteiger partial charge < -0.3 is 20.4 Å². The molecule has 2 N–H and O–H groups in total. The number of aromatic carboxylic acids is 1. The predicted molar refractivity (Wildman–Crippen MR) is 72.4 cm³/mol. The second kappa shape index (κ2) is 4.10. The fourth-order valence-electron chi connectivity index (χ4n) is 1.95. The van der Waals surface area contributed by atoms with E-state index in [-0.39, 0.29) is 10.6 Å². The summed E-state index contributed by atoms with van der Waals surface area (Å²) >= 11 is 1.02.